The normalized spacial score (nSPS) is 11.2. The maximum absolute atomic E-state index is 12.5. The highest BCUT2D eigenvalue weighted by atomic mass is 16.5. The zero-order valence-electron chi connectivity index (χ0n) is 18.7. The summed E-state index contributed by atoms with van der Waals surface area (Å²) in [6.07, 6.45) is 4.43. The van der Waals surface area contributed by atoms with Crippen LogP contribution in [0.2, 0.25) is 0 Å². The minimum Gasteiger partial charge on any atom is -0.490 e. The number of methoxy groups -OCH3 is 1. The lowest BCUT2D eigenvalue weighted by Gasteiger charge is -2.09. The number of hydrogen-bond acceptors (Lipinski definition) is 7. The fourth-order valence-corrected chi connectivity index (χ4v) is 3.79. The lowest BCUT2D eigenvalue weighted by molar-refractivity contribution is -0.138. The first-order chi connectivity index (χ1) is 17.1. The number of hydrogen-bond donors (Lipinski definition) is 0. The molecule has 2 heterocycles. The second kappa shape index (κ2) is 9.61. The van der Waals surface area contributed by atoms with Crippen LogP contribution < -0.4 is 15.1 Å². The summed E-state index contributed by atoms with van der Waals surface area (Å²) in [7, 11) is 1.47. The van der Waals surface area contributed by atoms with Crippen LogP contribution in [0.25, 0.3) is 28.0 Å². The number of benzene rings is 3. The molecule has 0 unspecified atom stereocenters. The van der Waals surface area contributed by atoms with Gasteiger partial charge < -0.3 is 23.0 Å². The molecule has 0 bridgehead atoms. The molecule has 7 nitrogen and oxygen atoms in total. The molecule has 3 aromatic carbocycles. The first kappa shape index (κ1) is 22.0. The average molecular weight is 468 g/mol. The van der Waals surface area contributed by atoms with E-state index < -0.39 is 11.6 Å². The predicted molar refractivity (Wildman–Crippen MR) is 131 cm³/mol. The smallest absolute Gasteiger partial charge is 0.336 e. The molecule has 0 aliphatic carbocycles. The van der Waals surface area contributed by atoms with E-state index in [1.54, 1.807) is 18.2 Å². The topological polar surface area (TPSA) is 88.1 Å². The van der Waals surface area contributed by atoms with Crippen molar-refractivity contribution in [2.75, 3.05) is 7.11 Å². The maximum atomic E-state index is 12.5. The van der Waals surface area contributed by atoms with Crippen molar-refractivity contribution in [1.29, 1.82) is 0 Å². The summed E-state index contributed by atoms with van der Waals surface area (Å²) in [5, 5.41) is 1.31. The summed E-state index contributed by atoms with van der Waals surface area (Å²) in [5.74, 6) is 1.15. The molecule has 0 aliphatic heterocycles. The van der Waals surface area contributed by atoms with E-state index in [-0.39, 0.29) is 12.2 Å². The summed E-state index contributed by atoms with van der Waals surface area (Å²) in [6.45, 7) is 0.0779. The standard InChI is InChI=1S/C28H20O7/c1-31-28-26-23(14-15-32-26)21(22-11-13-25(30)35-27(22)28)10-12-24(29)33-17-18-6-5-9-20(16-18)34-19-7-3-2-4-8-19/h2-16H,17H2,1H3/b12-10+. The Morgan fingerprint density at radius 2 is 1.71 bits per heavy atom. The van der Waals surface area contributed by atoms with Crippen LogP contribution >= 0.6 is 0 Å². The van der Waals surface area contributed by atoms with Gasteiger partial charge in [-0.3, -0.25) is 0 Å². The Hall–Kier alpha value is -4.78. The van der Waals surface area contributed by atoms with Crippen molar-refractivity contribution in [3.63, 3.8) is 0 Å². The molecule has 0 fully saturated rings. The maximum Gasteiger partial charge on any atom is 0.336 e. The third-order valence-corrected chi connectivity index (χ3v) is 5.34. The summed E-state index contributed by atoms with van der Waals surface area (Å²) in [6, 6.07) is 21.5. The van der Waals surface area contributed by atoms with Crippen LogP contribution in [-0.4, -0.2) is 13.1 Å². The van der Waals surface area contributed by atoms with Crippen LogP contribution in [0.1, 0.15) is 11.1 Å². The van der Waals surface area contributed by atoms with Gasteiger partial charge in [0.1, 0.15) is 18.1 Å². The summed E-state index contributed by atoms with van der Waals surface area (Å²) in [4.78, 5) is 24.3. The van der Waals surface area contributed by atoms with Gasteiger partial charge in [0, 0.05) is 22.9 Å². The first-order valence-electron chi connectivity index (χ1n) is 10.8. The lowest BCUT2D eigenvalue weighted by Crippen LogP contribution is -2.01. The molecule has 7 heteroatoms. The molecule has 174 valence electrons. The molecule has 0 aliphatic rings. The van der Waals surface area contributed by atoms with Gasteiger partial charge in [-0.2, -0.15) is 0 Å². The molecule has 0 saturated heterocycles. The van der Waals surface area contributed by atoms with Crippen LogP contribution in [0.5, 0.6) is 17.2 Å². The highest BCUT2D eigenvalue weighted by Gasteiger charge is 2.18. The first-order valence-corrected chi connectivity index (χ1v) is 10.8. The van der Waals surface area contributed by atoms with E-state index in [1.165, 1.54) is 25.5 Å². The Labute approximate surface area is 199 Å². The van der Waals surface area contributed by atoms with Gasteiger partial charge in [0.25, 0.3) is 0 Å². The Balaban J connectivity index is 1.35. The number of rotatable bonds is 7. The molecule has 35 heavy (non-hydrogen) atoms. The predicted octanol–water partition coefficient (Wildman–Crippen LogP) is 6.10. The Kier molecular flexibility index (Phi) is 6.05. The van der Waals surface area contributed by atoms with E-state index in [0.29, 0.717) is 33.4 Å². The minimum atomic E-state index is -0.530. The molecular weight excluding hydrogens is 448 g/mol. The summed E-state index contributed by atoms with van der Waals surface area (Å²) >= 11 is 0. The second-order valence-corrected chi connectivity index (χ2v) is 7.61. The van der Waals surface area contributed by atoms with E-state index in [4.69, 9.17) is 23.0 Å². The van der Waals surface area contributed by atoms with E-state index in [0.717, 1.165) is 11.3 Å². The van der Waals surface area contributed by atoms with Gasteiger partial charge in [-0.05, 0) is 53.6 Å². The monoisotopic (exact) mass is 468 g/mol. The molecule has 0 N–H and O–H groups in total. The molecule has 5 aromatic rings. The van der Waals surface area contributed by atoms with E-state index in [2.05, 4.69) is 0 Å². The second-order valence-electron chi connectivity index (χ2n) is 7.61. The van der Waals surface area contributed by atoms with Gasteiger partial charge in [0.15, 0.2) is 11.2 Å². The van der Waals surface area contributed by atoms with E-state index >= 15 is 0 Å². The largest absolute Gasteiger partial charge is 0.490 e. The number of carbonyl (C=O) groups excluding carboxylic acids is 1. The van der Waals surface area contributed by atoms with Crippen molar-refractivity contribution >= 4 is 34.0 Å². The van der Waals surface area contributed by atoms with Gasteiger partial charge >= 0.3 is 11.6 Å². The average Bonchev–Trinajstić information content (AvgIpc) is 3.35. The number of fused-ring (bicyclic) bond motifs is 2. The Morgan fingerprint density at radius 1 is 0.914 bits per heavy atom. The molecule has 0 spiro atoms. The van der Waals surface area contributed by atoms with Crippen molar-refractivity contribution in [2.24, 2.45) is 0 Å². The van der Waals surface area contributed by atoms with E-state index in [1.807, 2.05) is 54.6 Å². The highest BCUT2D eigenvalue weighted by Crippen LogP contribution is 2.38. The molecule has 0 atom stereocenters. The molecule has 2 aromatic heterocycles. The SMILES string of the molecule is COc1c2occc2c(/C=C/C(=O)OCc2cccc(Oc3ccccc3)c2)c2ccc(=O)oc12. The van der Waals surface area contributed by atoms with E-state index in [9.17, 15) is 9.59 Å². The van der Waals surface area contributed by atoms with Crippen LogP contribution in [0.15, 0.2) is 98.8 Å². The van der Waals surface area contributed by atoms with Crippen molar-refractivity contribution in [3.05, 3.63) is 107 Å². The van der Waals surface area contributed by atoms with Crippen molar-refractivity contribution in [2.45, 2.75) is 6.61 Å². The highest BCUT2D eigenvalue weighted by molar-refractivity contribution is 6.09. The summed E-state index contributed by atoms with van der Waals surface area (Å²) in [5.41, 5.74) is 1.57. The molecule has 0 amide bonds. The van der Waals surface area contributed by atoms with Crippen LogP contribution in [0.4, 0.5) is 0 Å². The number of para-hydroxylation sites is 1. The molecule has 5 rings (SSSR count). The van der Waals surface area contributed by atoms with Gasteiger partial charge in [-0.15, -0.1) is 0 Å². The van der Waals surface area contributed by atoms with Crippen molar-refractivity contribution in [3.8, 4) is 17.2 Å². The lowest BCUT2D eigenvalue weighted by atomic mass is 10.0. The fraction of sp³-hybridized carbons (Fsp3) is 0.0714. The Morgan fingerprint density at radius 3 is 2.54 bits per heavy atom. The third-order valence-electron chi connectivity index (χ3n) is 5.34. The van der Waals surface area contributed by atoms with Crippen molar-refractivity contribution in [1.82, 2.24) is 0 Å². The number of esters is 1. The van der Waals surface area contributed by atoms with Gasteiger partial charge in [-0.25, -0.2) is 9.59 Å². The van der Waals surface area contributed by atoms with Gasteiger partial charge in [0.05, 0.1) is 13.4 Å². The van der Waals surface area contributed by atoms with Crippen LogP contribution in [-0.2, 0) is 16.1 Å². The molecule has 0 radical (unpaired) electrons. The minimum absolute atomic E-state index is 0.0779. The zero-order valence-corrected chi connectivity index (χ0v) is 18.7. The summed E-state index contributed by atoms with van der Waals surface area (Å²) < 4.78 is 27.6. The quantitative estimate of drug-likeness (QED) is 0.162. The third kappa shape index (κ3) is 4.65. The number of carbonyl (C=O) groups is 1. The van der Waals surface area contributed by atoms with Gasteiger partial charge in [0.2, 0.25) is 5.75 Å². The van der Waals surface area contributed by atoms with Crippen LogP contribution in [0, 0.1) is 0 Å². The zero-order chi connectivity index (χ0) is 24.2. The fourth-order valence-electron chi connectivity index (χ4n) is 3.79. The van der Waals surface area contributed by atoms with Crippen LogP contribution in [0.3, 0.4) is 0 Å². The van der Waals surface area contributed by atoms with Crippen molar-refractivity contribution < 1.29 is 27.8 Å². The Bertz CT molecular complexity index is 1590. The molecular formula is C28H20O7. The number of ether oxygens (including phenoxy) is 3. The number of furan rings is 1. The molecule has 0 saturated carbocycles. The van der Waals surface area contributed by atoms with Gasteiger partial charge in [-0.1, -0.05) is 30.3 Å².